The number of rotatable bonds is 3. The van der Waals surface area contributed by atoms with Crippen LogP contribution in [-0.4, -0.2) is 11.7 Å². The van der Waals surface area contributed by atoms with Crippen LogP contribution in [-0.2, 0) is 17.6 Å². The Morgan fingerprint density at radius 1 is 1.20 bits per heavy atom. The van der Waals surface area contributed by atoms with Crippen molar-refractivity contribution in [3.8, 4) is 0 Å². The number of amides is 1. The molecule has 0 aliphatic carbocycles. The maximum absolute atomic E-state index is 12.3. The molecule has 0 atom stereocenters. The largest absolute Gasteiger partial charge is 0.444 e. The van der Waals surface area contributed by atoms with Crippen LogP contribution in [0.2, 0.25) is 0 Å². The van der Waals surface area contributed by atoms with Gasteiger partial charge in [0, 0.05) is 5.56 Å². The first-order valence-electron chi connectivity index (χ1n) is 6.93. The molecule has 1 N–H and O–H groups in total. The predicted molar refractivity (Wildman–Crippen MR) is 81.3 cm³/mol. The quantitative estimate of drug-likeness (QED) is 0.919. The van der Waals surface area contributed by atoms with Crippen molar-refractivity contribution < 1.29 is 9.53 Å². The molecule has 1 aromatic rings. The molecule has 0 aliphatic heterocycles. The number of ether oxygens (including phenoxy) is 1. The van der Waals surface area contributed by atoms with Crippen LogP contribution in [0.1, 0.15) is 45.7 Å². The predicted octanol–water partition coefficient (Wildman–Crippen LogP) is 3.52. The smallest absolute Gasteiger partial charge is 0.412 e. The Hall–Kier alpha value is -1.84. The van der Waals surface area contributed by atoms with Crippen molar-refractivity contribution in [2.45, 2.75) is 53.1 Å². The molecule has 1 amide bonds. The van der Waals surface area contributed by atoms with Crippen molar-refractivity contribution in [2.24, 2.45) is 0 Å². The van der Waals surface area contributed by atoms with Gasteiger partial charge in [0.15, 0.2) is 5.43 Å². The molecule has 0 aromatic heterocycles. The topological polar surface area (TPSA) is 55.4 Å². The minimum Gasteiger partial charge on any atom is -0.444 e. The third kappa shape index (κ3) is 4.37. The summed E-state index contributed by atoms with van der Waals surface area (Å²) in [6.45, 7) is 9.24. The van der Waals surface area contributed by atoms with E-state index in [1.807, 2.05) is 13.8 Å². The number of nitrogens with one attached hydrogen (secondary N) is 1. The molecule has 4 nitrogen and oxygen atoms in total. The van der Waals surface area contributed by atoms with E-state index in [-0.39, 0.29) is 5.43 Å². The van der Waals surface area contributed by atoms with Crippen molar-refractivity contribution in [3.63, 3.8) is 0 Å². The highest BCUT2D eigenvalue weighted by Crippen LogP contribution is 2.15. The summed E-state index contributed by atoms with van der Waals surface area (Å²) in [5, 5.41) is 2.67. The number of hydrogen-bond donors (Lipinski definition) is 1. The normalized spacial score (nSPS) is 11.1. The van der Waals surface area contributed by atoms with Crippen molar-refractivity contribution in [2.75, 3.05) is 5.32 Å². The highest BCUT2D eigenvalue weighted by molar-refractivity contribution is 5.85. The second-order valence-electron chi connectivity index (χ2n) is 5.61. The molecule has 4 heteroatoms. The molecule has 0 spiro atoms. The number of aryl methyl sites for hydroxylation is 1. The van der Waals surface area contributed by atoms with Crippen molar-refractivity contribution in [3.05, 3.63) is 39.5 Å². The zero-order valence-corrected chi connectivity index (χ0v) is 12.9. The van der Waals surface area contributed by atoms with Crippen LogP contribution in [0.15, 0.2) is 23.0 Å². The SMILES string of the molecule is CCc1cccc(NC(=O)OC(C)(C)C)c(CC)c1=O. The molecule has 0 fully saturated rings. The number of hydrogen-bond acceptors (Lipinski definition) is 3. The number of anilines is 1. The molecular formula is C16H23NO3. The van der Waals surface area contributed by atoms with Crippen molar-refractivity contribution in [1.29, 1.82) is 0 Å². The second kappa shape index (κ2) is 6.55. The molecule has 0 heterocycles. The van der Waals surface area contributed by atoms with E-state index in [9.17, 15) is 9.59 Å². The van der Waals surface area contributed by atoms with Gasteiger partial charge in [0.2, 0.25) is 0 Å². The fraction of sp³-hybridized carbons (Fsp3) is 0.500. The molecule has 110 valence electrons. The summed E-state index contributed by atoms with van der Waals surface area (Å²) < 4.78 is 5.22. The number of carbonyl (C=O) groups is 1. The van der Waals surface area contributed by atoms with Gasteiger partial charge in [0.1, 0.15) is 5.60 Å². The zero-order valence-electron chi connectivity index (χ0n) is 12.9. The summed E-state index contributed by atoms with van der Waals surface area (Å²) in [6, 6.07) is 5.32. The summed E-state index contributed by atoms with van der Waals surface area (Å²) in [6.07, 6.45) is 0.689. The lowest BCUT2D eigenvalue weighted by atomic mass is 10.1. The van der Waals surface area contributed by atoms with Crippen LogP contribution in [0.3, 0.4) is 0 Å². The molecule has 1 rings (SSSR count). The zero-order chi connectivity index (χ0) is 15.3. The lowest BCUT2D eigenvalue weighted by molar-refractivity contribution is 0.0636. The summed E-state index contributed by atoms with van der Waals surface area (Å²) in [4.78, 5) is 24.2. The lowest BCUT2D eigenvalue weighted by Crippen LogP contribution is -2.28. The molecule has 1 aromatic carbocycles. The van der Waals surface area contributed by atoms with Gasteiger partial charge in [0.25, 0.3) is 0 Å². The van der Waals surface area contributed by atoms with Gasteiger partial charge in [-0.1, -0.05) is 26.0 Å². The summed E-state index contributed by atoms with van der Waals surface area (Å²) >= 11 is 0. The summed E-state index contributed by atoms with van der Waals surface area (Å²) in [5.41, 5.74) is 1.30. The fourth-order valence-electron chi connectivity index (χ4n) is 1.91. The van der Waals surface area contributed by atoms with Crippen molar-refractivity contribution >= 4 is 11.8 Å². The van der Waals surface area contributed by atoms with E-state index in [1.54, 1.807) is 39.0 Å². The minimum atomic E-state index is -0.567. The highest BCUT2D eigenvalue weighted by Gasteiger charge is 2.17. The molecule has 0 bridgehead atoms. The maximum atomic E-state index is 12.3. The Kier molecular flexibility index (Phi) is 5.31. The Balaban J connectivity index is 3.14. The molecule has 0 radical (unpaired) electrons. The molecule has 20 heavy (non-hydrogen) atoms. The van der Waals surface area contributed by atoms with Gasteiger partial charge in [-0.3, -0.25) is 10.1 Å². The van der Waals surface area contributed by atoms with Crippen LogP contribution in [0, 0.1) is 0 Å². The fourth-order valence-corrected chi connectivity index (χ4v) is 1.91. The standard InChI is InChI=1S/C16H23NO3/c1-6-11-9-8-10-13(12(7-2)14(11)18)17-15(19)20-16(3,4)5/h8-10H,6-7H2,1-5H3,(H,17,19). The van der Waals surface area contributed by atoms with Gasteiger partial charge >= 0.3 is 6.09 Å². The van der Waals surface area contributed by atoms with Crippen LogP contribution >= 0.6 is 0 Å². The number of carbonyl (C=O) groups excluding carboxylic acids is 1. The van der Waals surface area contributed by atoms with Gasteiger partial charge in [-0.2, -0.15) is 0 Å². The van der Waals surface area contributed by atoms with Crippen LogP contribution in [0.5, 0.6) is 0 Å². The van der Waals surface area contributed by atoms with E-state index < -0.39 is 11.7 Å². The molecule has 0 saturated heterocycles. The average Bonchev–Trinajstić information content (AvgIpc) is 2.45. The Labute approximate surface area is 120 Å². The lowest BCUT2D eigenvalue weighted by Gasteiger charge is -2.20. The van der Waals surface area contributed by atoms with Crippen LogP contribution in [0.25, 0.3) is 0 Å². The van der Waals surface area contributed by atoms with E-state index in [1.165, 1.54) is 0 Å². The molecular weight excluding hydrogens is 254 g/mol. The maximum Gasteiger partial charge on any atom is 0.412 e. The highest BCUT2D eigenvalue weighted by atomic mass is 16.6. The third-order valence-electron chi connectivity index (χ3n) is 2.82. The monoisotopic (exact) mass is 277 g/mol. The second-order valence-corrected chi connectivity index (χ2v) is 5.61. The van der Waals surface area contributed by atoms with Gasteiger partial charge in [-0.05, 0) is 45.2 Å². The molecule has 0 unspecified atom stereocenters. The Morgan fingerprint density at radius 3 is 2.35 bits per heavy atom. The van der Waals surface area contributed by atoms with Crippen LogP contribution in [0.4, 0.5) is 10.5 Å². The summed E-state index contributed by atoms with van der Waals surface area (Å²) in [7, 11) is 0. The first kappa shape index (κ1) is 16.2. The van der Waals surface area contributed by atoms with E-state index in [2.05, 4.69) is 5.32 Å². The minimum absolute atomic E-state index is 0.00828. The molecule has 0 saturated carbocycles. The van der Waals surface area contributed by atoms with Gasteiger partial charge < -0.3 is 4.74 Å². The molecule has 0 aliphatic rings. The average molecular weight is 277 g/mol. The Bertz CT molecular complexity index is 544. The van der Waals surface area contributed by atoms with E-state index in [4.69, 9.17) is 4.74 Å². The van der Waals surface area contributed by atoms with E-state index in [0.29, 0.717) is 24.1 Å². The Morgan fingerprint density at radius 2 is 1.85 bits per heavy atom. The van der Waals surface area contributed by atoms with Gasteiger partial charge in [0.05, 0.1) is 5.69 Å². The van der Waals surface area contributed by atoms with Gasteiger partial charge in [-0.15, -0.1) is 0 Å². The first-order valence-corrected chi connectivity index (χ1v) is 6.93. The van der Waals surface area contributed by atoms with E-state index >= 15 is 0 Å². The summed E-state index contributed by atoms with van der Waals surface area (Å²) in [5.74, 6) is 0. The third-order valence-corrected chi connectivity index (χ3v) is 2.82. The van der Waals surface area contributed by atoms with E-state index in [0.717, 1.165) is 5.56 Å². The van der Waals surface area contributed by atoms with Crippen molar-refractivity contribution in [1.82, 2.24) is 0 Å². The van der Waals surface area contributed by atoms with Crippen LogP contribution < -0.4 is 10.7 Å². The first-order chi connectivity index (χ1) is 9.28. The van der Waals surface area contributed by atoms with Gasteiger partial charge in [-0.25, -0.2) is 4.79 Å².